The minimum atomic E-state index is -0.671. The second kappa shape index (κ2) is 4.00. The smallest absolute Gasteiger partial charge is 0.231 e. The van der Waals surface area contributed by atoms with Crippen LogP contribution in [0.25, 0.3) is 0 Å². The lowest BCUT2D eigenvalue weighted by molar-refractivity contribution is 0.171. The summed E-state index contributed by atoms with van der Waals surface area (Å²) in [5.41, 5.74) is 7.08. The number of fused-ring (bicyclic) bond motifs is 1. The van der Waals surface area contributed by atoms with E-state index in [1.54, 1.807) is 0 Å². The molecule has 1 heterocycles. The Kier molecular flexibility index (Phi) is 2.86. The highest BCUT2D eigenvalue weighted by atomic mass is 79.9. The molecule has 0 bridgehead atoms. The van der Waals surface area contributed by atoms with Crippen molar-refractivity contribution < 1.29 is 14.6 Å². The van der Waals surface area contributed by atoms with Crippen LogP contribution in [0.15, 0.2) is 10.5 Å². The van der Waals surface area contributed by atoms with Crippen molar-refractivity contribution in [2.75, 3.05) is 13.3 Å². The highest BCUT2D eigenvalue weighted by molar-refractivity contribution is 9.10. The minimum Gasteiger partial charge on any atom is -0.453 e. The van der Waals surface area contributed by atoms with Crippen LogP contribution in [0.2, 0.25) is 0 Å². The van der Waals surface area contributed by atoms with Crippen molar-refractivity contribution >= 4 is 15.9 Å². The summed E-state index contributed by atoms with van der Waals surface area (Å²) in [6.45, 7) is 2.29. The van der Waals surface area contributed by atoms with E-state index in [0.29, 0.717) is 11.5 Å². The number of benzene rings is 1. The van der Waals surface area contributed by atoms with Crippen molar-refractivity contribution in [2.24, 2.45) is 5.73 Å². The fraction of sp³-hybridized carbons (Fsp3) is 0.400. The monoisotopic (exact) mass is 273 g/mol. The molecule has 0 radical (unpaired) electrons. The summed E-state index contributed by atoms with van der Waals surface area (Å²) in [5, 5.41) is 9.72. The van der Waals surface area contributed by atoms with E-state index in [-0.39, 0.29) is 13.3 Å². The Morgan fingerprint density at radius 2 is 2.20 bits per heavy atom. The Labute approximate surface area is 96.1 Å². The van der Waals surface area contributed by atoms with E-state index in [1.165, 1.54) is 0 Å². The quantitative estimate of drug-likeness (QED) is 0.857. The topological polar surface area (TPSA) is 64.7 Å². The number of hydrogen-bond acceptors (Lipinski definition) is 4. The Morgan fingerprint density at radius 3 is 2.87 bits per heavy atom. The van der Waals surface area contributed by atoms with E-state index in [2.05, 4.69) is 15.9 Å². The molecule has 2 rings (SSSR count). The second-order valence-corrected chi connectivity index (χ2v) is 4.24. The zero-order valence-corrected chi connectivity index (χ0v) is 9.87. The molecule has 0 aliphatic carbocycles. The van der Waals surface area contributed by atoms with E-state index < -0.39 is 6.10 Å². The molecular weight excluding hydrogens is 262 g/mol. The first-order valence-corrected chi connectivity index (χ1v) is 5.41. The SMILES string of the molecule is Cc1c(C(O)CN)cc(Br)c2c1OCO2. The molecule has 82 valence electrons. The van der Waals surface area contributed by atoms with Gasteiger partial charge in [-0.1, -0.05) is 0 Å². The third-order valence-electron chi connectivity index (χ3n) is 2.47. The zero-order valence-electron chi connectivity index (χ0n) is 8.29. The number of aliphatic hydroxyl groups is 1. The van der Waals surface area contributed by atoms with Gasteiger partial charge in [-0.3, -0.25) is 0 Å². The highest BCUT2D eigenvalue weighted by Gasteiger charge is 2.24. The number of rotatable bonds is 2. The van der Waals surface area contributed by atoms with Crippen LogP contribution in [0.1, 0.15) is 17.2 Å². The number of nitrogens with two attached hydrogens (primary N) is 1. The van der Waals surface area contributed by atoms with Gasteiger partial charge in [0, 0.05) is 12.1 Å². The molecule has 0 fully saturated rings. The van der Waals surface area contributed by atoms with Crippen LogP contribution in [-0.4, -0.2) is 18.4 Å². The third-order valence-corrected chi connectivity index (χ3v) is 3.06. The average molecular weight is 274 g/mol. The van der Waals surface area contributed by atoms with Gasteiger partial charge in [0.15, 0.2) is 11.5 Å². The van der Waals surface area contributed by atoms with Crippen LogP contribution in [-0.2, 0) is 0 Å². The molecule has 3 N–H and O–H groups in total. The van der Waals surface area contributed by atoms with Gasteiger partial charge in [-0.25, -0.2) is 0 Å². The first kappa shape index (κ1) is 10.7. The van der Waals surface area contributed by atoms with Gasteiger partial charge in [0.25, 0.3) is 0 Å². The van der Waals surface area contributed by atoms with Crippen LogP contribution >= 0.6 is 15.9 Å². The number of halogens is 1. The second-order valence-electron chi connectivity index (χ2n) is 3.39. The lowest BCUT2D eigenvalue weighted by atomic mass is 10.0. The summed E-state index contributed by atoms with van der Waals surface area (Å²) in [5.74, 6) is 1.38. The highest BCUT2D eigenvalue weighted by Crippen LogP contribution is 2.44. The van der Waals surface area contributed by atoms with Gasteiger partial charge in [-0.15, -0.1) is 0 Å². The molecular formula is C10H12BrNO3. The number of aliphatic hydroxyl groups excluding tert-OH is 1. The van der Waals surface area contributed by atoms with Crippen molar-refractivity contribution in [3.63, 3.8) is 0 Å². The predicted molar refractivity (Wildman–Crippen MR) is 59.0 cm³/mol. The van der Waals surface area contributed by atoms with Gasteiger partial charge in [-0.05, 0) is 34.5 Å². The molecule has 0 amide bonds. The largest absolute Gasteiger partial charge is 0.453 e. The van der Waals surface area contributed by atoms with E-state index in [0.717, 1.165) is 15.6 Å². The number of ether oxygens (including phenoxy) is 2. The van der Waals surface area contributed by atoms with Gasteiger partial charge in [0.1, 0.15) is 0 Å². The molecule has 1 aromatic rings. The van der Waals surface area contributed by atoms with Crippen molar-refractivity contribution in [2.45, 2.75) is 13.0 Å². The van der Waals surface area contributed by atoms with Crippen LogP contribution in [0.3, 0.4) is 0 Å². The van der Waals surface area contributed by atoms with E-state index in [1.807, 2.05) is 13.0 Å². The maximum absolute atomic E-state index is 9.72. The normalized spacial score (nSPS) is 15.5. The predicted octanol–water partition coefficient (Wildman–Crippen LogP) is 1.48. The lowest BCUT2D eigenvalue weighted by Gasteiger charge is -2.14. The van der Waals surface area contributed by atoms with Crippen LogP contribution in [0, 0.1) is 6.92 Å². The third kappa shape index (κ3) is 1.71. The van der Waals surface area contributed by atoms with Gasteiger partial charge in [0.2, 0.25) is 6.79 Å². The molecule has 1 atom stereocenters. The van der Waals surface area contributed by atoms with Crippen LogP contribution < -0.4 is 15.2 Å². The summed E-state index contributed by atoms with van der Waals surface area (Å²) < 4.78 is 11.4. The molecule has 0 spiro atoms. The molecule has 0 saturated carbocycles. The summed E-state index contributed by atoms with van der Waals surface area (Å²) in [4.78, 5) is 0. The van der Waals surface area contributed by atoms with Crippen molar-refractivity contribution in [3.05, 3.63) is 21.7 Å². The van der Waals surface area contributed by atoms with E-state index in [9.17, 15) is 5.11 Å². The standard InChI is InChI=1S/C10H12BrNO3/c1-5-6(8(13)3-12)2-7(11)10-9(5)14-4-15-10/h2,8,13H,3-4,12H2,1H3. The first-order valence-electron chi connectivity index (χ1n) is 4.62. The fourth-order valence-electron chi connectivity index (χ4n) is 1.65. The van der Waals surface area contributed by atoms with E-state index >= 15 is 0 Å². The van der Waals surface area contributed by atoms with Gasteiger partial charge < -0.3 is 20.3 Å². The summed E-state index contributed by atoms with van der Waals surface area (Å²) in [6, 6.07) is 1.82. The van der Waals surface area contributed by atoms with E-state index in [4.69, 9.17) is 15.2 Å². The Bertz CT molecular complexity index is 395. The summed E-state index contributed by atoms with van der Waals surface area (Å²) >= 11 is 3.37. The summed E-state index contributed by atoms with van der Waals surface area (Å²) in [7, 11) is 0. The molecule has 1 aromatic carbocycles. The van der Waals surface area contributed by atoms with Crippen molar-refractivity contribution in [1.29, 1.82) is 0 Å². The van der Waals surface area contributed by atoms with Gasteiger partial charge in [-0.2, -0.15) is 0 Å². The van der Waals surface area contributed by atoms with Gasteiger partial charge in [0.05, 0.1) is 10.6 Å². The molecule has 15 heavy (non-hydrogen) atoms. The Morgan fingerprint density at radius 1 is 1.53 bits per heavy atom. The molecule has 1 aliphatic rings. The number of hydrogen-bond donors (Lipinski definition) is 2. The zero-order chi connectivity index (χ0) is 11.0. The minimum absolute atomic E-state index is 0.187. The van der Waals surface area contributed by atoms with Crippen LogP contribution in [0.4, 0.5) is 0 Å². The maximum atomic E-state index is 9.72. The lowest BCUT2D eigenvalue weighted by Crippen LogP contribution is -2.12. The van der Waals surface area contributed by atoms with Crippen molar-refractivity contribution in [3.8, 4) is 11.5 Å². The maximum Gasteiger partial charge on any atom is 0.231 e. The Balaban J connectivity index is 2.54. The molecule has 0 saturated heterocycles. The molecule has 4 nitrogen and oxygen atoms in total. The fourth-order valence-corrected chi connectivity index (χ4v) is 2.19. The molecule has 1 unspecified atom stereocenters. The van der Waals surface area contributed by atoms with Crippen molar-refractivity contribution in [1.82, 2.24) is 0 Å². The molecule has 5 heteroatoms. The van der Waals surface area contributed by atoms with Gasteiger partial charge >= 0.3 is 0 Å². The molecule has 1 aliphatic heterocycles. The molecule has 0 aromatic heterocycles. The Hall–Kier alpha value is -0.780. The summed E-state index contributed by atoms with van der Waals surface area (Å²) in [6.07, 6.45) is -0.671. The van der Waals surface area contributed by atoms with Crippen LogP contribution in [0.5, 0.6) is 11.5 Å². The first-order chi connectivity index (χ1) is 7.15. The average Bonchev–Trinajstić information content (AvgIpc) is 2.71.